The molecule has 0 aromatic carbocycles. The van der Waals surface area contributed by atoms with Crippen LogP contribution in [0.3, 0.4) is 0 Å². The molecule has 0 aliphatic rings. The first-order valence-corrected chi connectivity index (χ1v) is 5.20. The maximum Gasteiger partial charge on any atom is 1.00 e. The average molecular weight is 264 g/mol. The molecule has 0 unspecified atom stereocenters. The molecule has 0 saturated carbocycles. The van der Waals surface area contributed by atoms with Crippen LogP contribution >= 0.6 is 0 Å². The Labute approximate surface area is 136 Å². The van der Waals surface area contributed by atoms with Gasteiger partial charge in [0.25, 0.3) is 10.0 Å². The van der Waals surface area contributed by atoms with E-state index in [0.29, 0.717) is 0 Å². The SMILES string of the molecule is CN(C)S(=O)(=O)c1nc(C#N)c(C#N)[nH]1.[K+]. The molecule has 1 heterocycles. The summed E-state index contributed by atoms with van der Waals surface area (Å²) < 4.78 is 24.0. The zero-order valence-corrected chi connectivity index (χ0v) is 13.0. The van der Waals surface area contributed by atoms with Gasteiger partial charge in [-0.1, -0.05) is 0 Å². The van der Waals surface area contributed by atoms with Crippen molar-refractivity contribution in [2.75, 3.05) is 14.1 Å². The number of rotatable bonds is 2. The van der Waals surface area contributed by atoms with Gasteiger partial charge in [0.2, 0.25) is 5.16 Å². The third-order valence-corrected chi connectivity index (χ3v) is 3.27. The fourth-order valence-corrected chi connectivity index (χ4v) is 1.59. The zero-order chi connectivity index (χ0) is 11.6. The fourth-order valence-electron chi connectivity index (χ4n) is 0.808. The number of H-pyrrole nitrogens is 1. The molecule has 0 radical (unpaired) electrons. The quantitative estimate of drug-likeness (QED) is 0.555. The van der Waals surface area contributed by atoms with Crippen molar-refractivity contribution in [3.63, 3.8) is 0 Å². The largest absolute Gasteiger partial charge is 1.00 e. The van der Waals surface area contributed by atoms with Gasteiger partial charge in [-0.3, -0.25) is 0 Å². The molecule has 9 heteroatoms. The van der Waals surface area contributed by atoms with Crippen LogP contribution in [0.4, 0.5) is 0 Å². The Bertz CT molecular complexity index is 531. The summed E-state index contributed by atoms with van der Waals surface area (Å²) in [5.41, 5.74) is -0.379. The molecule has 16 heavy (non-hydrogen) atoms. The molecule has 78 valence electrons. The van der Waals surface area contributed by atoms with Gasteiger partial charge in [0.15, 0.2) is 11.4 Å². The number of nitrogens with one attached hydrogen (secondary N) is 1. The number of sulfonamides is 1. The Morgan fingerprint density at radius 2 is 1.88 bits per heavy atom. The van der Waals surface area contributed by atoms with Crippen LogP contribution in [0.1, 0.15) is 11.4 Å². The van der Waals surface area contributed by atoms with Crippen LogP contribution in [0, 0.1) is 22.7 Å². The van der Waals surface area contributed by atoms with Gasteiger partial charge in [-0.25, -0.2) is 17.7 Å². The molecular weight excluding hydrogens is 257 g/mol. The van der Waals surface area contributed by atoms with Gasteiger partial charge in [0, 0.05) is 14.1 Å². The zero-order valence-electron chi connectivity index (χ0n) is 9.01. The van der Waals surface area contributed by atoms with E-state index < -0.39 is 15.2 Å². The Kier molecular flexibility index (Phi) is 5.79. The van der Waals surface area contributed by atoms with Crippen molar-refractivity contribution >= 4 is 10.0 Å². The van der Waals surface area contributed by atoms with Gasteiger partial charge in [0.1, 0.15) is 12.1 Å². The second-order valence-electron chi connectivity index (χ2n) is 2.78. The summed E-state index contributed by atoms with van der Waals surface area (Å²) in [6.45, 7) is 0. The molecule has 7 nitrogen and oxygen atoms in total. The summed E-state index contributed by atoms with van der Waals surface area (Å²) >= 11 is 0. The molecule has 0 spiro atoms. The van der Waals surface area contributed by atoms with Gasteiger partial charge in [0.05, 0.1) is 0 Å². The van der Waals surface area contributed by atoms with Crippen molar-refractivity contribution in [2.45, 2.75) is 5.16 Å². The summed E-state index contributed by atoms with van der Waals surface area (Å²) in [7, 11) is -1.08. The number of aromatic nitrogens is 2. The molecule has 1 aromatic heterocycles. The smallest absolute Gasteiger partial charge is 0.318 e. The second kappa shape index (κ2) is 5.89. The minimum absolute atomic E-state index is 0. The molecule has 0 fully saturated rings. The standard InChI is InChI=1S/C7H7N5O2S.K/c1-12(2)15(13,14)7-10-5(3-8)6(4-9)11-7;/h1-2H3,(H,10,11);/q;+1. The second-order valence-corrected chi connectivity index (χ2v) is 4.84. The molecule has 1 aromatic rings. The summed E-state index contributed by atoms with van der Waals surface area (Å²) in [5.74, 6) is 0. The maximum absolute atomic E-state index is 11.5. The monoisotopic (exact) mass is 264 g/mol. The Hall–Kier alpha value is -0.264. The van der Waals surface area contributed by atoms with E-state index >= 15 is 0 Å². The van der Waals surface area contributed by atoms with Gasteiger partial charge in [-0.05, 0) is 0 Å². The molecule has 0 saturated heterocycles. The normalized spacial score (nSPS) is 10.3. The first kappa shape index (κ1) is 15.7. The molecule has 0 atom stereocenters. The molecule has 1 rings (SSSR count). The molecule has 1 N–H and O–H groups in total. The number of aromatic amines is 1. The van der Waals surface area contributed by atoms with Crippen LogP contribution in [0.25, 0.3) is 0 Å². The van der Waals surface area contributed by atoms with Gasteiger partial charge in [-0.15, -0.1) is 0 Å². The number of hydrogen-bond acceptors (Lipinski definition) is 5. The van der Waals surface area contributed by atoms with E-state index in [9.17, 15) is 8.42 Å². The molecule has 0 bridgehead atoms. The third-order valence-electron chi connectivity index (χ3n) is 1.62. The van der Waals surface area contributed by atoms with Crippen LogP contribution in [0.2, 0.25) is 0 Å². The summed E-state index contributed by atoms with van der Waals surface area (Å²) in [6.07, 6.45) is 0. The Morgan fingerprint density at radius 1 is 1.31 bits per heavy atom. The van der Waals surface area contributed by atoms with E-state index in [1.807, 2.05) is 0 Å². The van der Waals surface area contributed by atoms with E-state index in [1.165, 1.54) is 14.1 Å². The van der Waals surface area contributed by atoms with Crippen molar-refractivity contribution in [3.8, 4) is 12.1 Å². The minimum atomic E-state index is -3.73. The number of imidazole rings is 1. The number of nitriles is 2. The van der Waals surface area contributed by atoms with Crippen LogP contribution in [-0.4, -0.2) is 36.8 Å². The number of nitrogens with zero attached hydrogens (tertiary/aromatic N) is 4. The minimum Gasteiger partial charge on any atom is -0.318 e. The molecule has 0 amide bonds. The van der Waals surface area contributed by atoms with Crippen LogP contribution in [-0.2, 0) is 10.0 Å². The predicted molar refractivity (Wildman–Crippen MR) is 48.9 cm³/mol. The first-order valence-electron chi connectivity index (χ1n) is 3.76. The molecular formula is C7H7KN5O2S+. The summed E-state index contributed by atoms with van der Waals surface area (Å²) in [5, 5.41) is 16.8. The van der Waals surface area contributed by atoms with Crippen molar-refractivity contribution in [1.82, 2.24) is 14.3 Å². The van der Waals surface area contributed by atoms with Crippen molar-refractivity contribution in [1.29, 1.82) is 10.5 Å². The van der Waals surface area contributed by atoms with Crippen molar-refractivity contribution in [2.24, 2.45) is 0 Å². The average Bonchev–Trinajstić information content (AvgIpc) is 2.60. The van der Waals surface area contributed by atoms with Crippen LogP contribution < -0.4 is 51.4 Å². The third kappa shape index (κ3) is 2.90. The van der Waals surface area contributed by atoms with Crippen LogP contribution in [0.5, 0.6) is 0 Å². The van der Waals surface area contributed by atoms with Gasteiger partial charge < -0.3 is 4.98 Å². The van der Waals surface area contributed by atoms with Crippen molar-refractivity contribution < 1.29 is 59.8 Å². The Morgan fingerprint density at radius 3 is 2.19 bits per heavy atom. The number of hydrogen-bond donors (Lipinski definition) is 1. The van der Waals surface area contributed by atoms with Crippen LogP contribution in [0.15, 0.2) is 5.16 Å². The van der Waals surface area contributed by atoms with Crippen molar-refractivity contribution in [3.05, 3.63) is 11.4 Å². The van der Waals surface area contributed by atoms with E-state index in [4.69, 9.17) is 10.5 Å². The molecule has 0 aliphatic carbocycles. The fraction of sp³-hybridized carbons (Fsp3) is 0.286. The maximum atomic E-state index is 11.5. The van der Waals surface area contributed by atoms with E-state index in [1.54, 1.807) is 12.1 Å². The summed E-state index contributed by atoms with van der Waals surface area (Å²) in [6, 6.07) is 3.28. The van der Waals surface area contributed by atoms with E-state index in [-0.39, 0.29) is 62.8 Å². The van der Waals surface area contributed by atoms with Gasteiger partial charge >= 0.3 is 51.4 Å². The van der Waals surface area contributed by atoms with Gasteiger partial charge in [-0.2, -0.15) is 10.5 Å². The van der Waals surface area contributed by atoms with E-state index in [2.05, 4.69) is 9.97 Å². The summed E-state index contributed by atoms with van der Waals surface area (Å²) in [4.78, 5) is 5.80. The van der Waals surface area contributed by atoms with E-state index in [0.717, 1.165) is 4.31 Å². The first-order chi connectivity index (χ1) is 6.93. The predicted octanol–water partition coefficient (Wildman–Crippen LogP) is -3.59. The topological polar surface area (TPSA) is 114 Å². The Balaban J connectivity index is 0.00000225. The molecule has 0 aliphatic heterocycles.